The molecule has 0 radical (unpaired) electrons. The third kappa shape index (κ3) is 11.1. The number of rotatable bonds is 4. The number of aldehydes is 1. The van der Waals surface area contributed by atoms with Gasteiger partial charge in [0, 0.05) is 63.4 Å². The molecule has 11 heteroatoms. The summed E-state index contributed by atoms with van der Waals surface area (Å²) in [5.41, 5.74) is 7.03. The number of nitrogens with zero attached hydrogens (tertiary/aromatic N) is 4. The Bertz CT molecular complexity index is 934. The zero-order chi connectivity index (χ0) is 26.9. The number of amides is 2. The summed E-state index contributed by atoms with van der Waals surface area (Å²) < 4.78 is 9.31. The number of carbonyl (C=O) groups is 3. The molecule has 2 atom stereocenters. The maximum absolute atomic E-state index is 11.5. The minimum atomic E-state index is -0.332. The Morgan fingerprint density at radius 3 is 2.14 bits per heavy atom. The van der Waals surface area contributed by atoms with Crippen LogP contribution in [0.5, 0.6) is 0 Å². The normalized spacial score (nSPS) is 18.6. The molecule has 2 unspecified atom stereocenters. The second-order valence-corrected chi connectivity index (χ2v) is 8.79. The first kappa shape index (κ1) is 29.3. The molecule has 0 aliphatic carbocycles. The highest BCUT2D eigenvalue weighted by atomic mass is 16.5. The van der Waals surface area contributed by atoms with Gasteiger partial charge in [-0.3, -0.25) is 9.97 Å². The smallest absolute Gasteiger partial charge is 0.409 e. The molecule has 2 saturated heterocycles. The van der Waals surface area contributed by atoms with E-state index in [1.165, 1.54) is 14.2 Å². The first-order chi connectivity index (χ1) is 18.0. The number of anilines is 2. The Hall–Kier alpha value is -3.89. The van der Waals surface area contributed by atoms with E-state index in [9.17, 15) is 14.4 Å². The van der Waals surface area contributed by atoms with E-state index in [0.29, 0.717) is 24.7 Å². The first-order valence-corrected chi connectivity index (χ1v) is 12.4. The molecule has 2 aliphatic heterocycles. The van der Waals surface area contributed by atoms with Crippen LogP contribution in [0.4, 0.5) is 21.0 Å². The fourth-order valence-corrected chi connectivity index (χ4v) is 4.05. The number of nitrogens with one attached hydrogen (secondary N) is 1. The van der Waals surface area contributed by atoms with Crippen molar-refractivity contribution in [1.82, 2.24) is 19.8 Å². The van der Waals surface area contributed by atoms with Gasteiger partial charge in [0.25, 0.3) is 0 Å². The standard InChI is InChI=1S/C13H19N3O2.C8H13NO3.C5H6N2/c1-18-13(17)16-7-3-4-11(10-16)8-15-12-5-2-6-14-9-12;1-12-8(11)9-4-2-3-7(5-9)6-10;6-5-2-1-3-7-4-5/h2,5-6,9,11,15H,3-4,7-8,10H2,1H3;6-7H,2-5H2,1H3;1-4H,6H2. The van der Waals surface area contributed by atoms with Crippen LogP contribution in [0, 0.1) is 11.8 Å². The maximum Gasteiger partial charge on any atom is 0.409 e. The molecule has 2 amide bonds. The fraction of sp³-hybridized carbons (Fsp3) is 0.500. The van der Waals surface area contributed by atoms with Crippen LogP contribution in [-0.4, -0.2) is 85.2 Å². The lowest BCUT2D eigenvalue weighted by Crippen LogP contribution is -2.41. The number of methoxy groups -OCH3 is 2. The average molecular weight is 515 g/mol. The summed E-state index contributed by atoms with van der Waals surface area (Å²) in [6, 6.07) is 7.50. The lowest BCUT2D eigenvalue weighted by atomic mass is 9.98. The summed E-state index contributed by atoms with van der Waals surface area (Å²) in [5.74, 6) is 0.468. The van der Waals surface area contributed by atoms with E-state index < -0.39 is 0 Å². The van der Waals surface area contributed by atoms with Crippen molar-refractivity contribution in [2.75, 3.05) is 58.0 Å². The molecule has 0 bridgehead atoms. The van der Waals surface area contributed by atoms with Crippen molar-refractivity contribution in [2.24, 2.45) is 11.8 Å². The molecule has 2 aromatic rings. The van der Waals surface area contributed by atoms with Crippen molar-refractivity contribution in [3.8, 4) is 0 Å². The Morgan fingerprint density at radius 1 is 1.00 bits per heavy atom. The van der Waals surface area contributed by atoms with E-state index in [2.05, 4.69) is 20.0 Å². The lowest BCUT2D eigenvalue weighted by molar-refractivity contribution is -0.112. The molecule has 2 aromatic heterocycles. The average Bonchev–Trinajstić information content (AvgIpc) is 2.97. The molecule has 4 rings (SSSR count). The lowest BCUT2D eigenvalue weighted by Gasteiger charge is -2.31. The predicted octanol–water partition coefficient (Wildman–Crippen LogP) is 3.30. The SMILES string of the molecule is COC(=O)N1CCCC(C=O)C1.COC(=O)N1CCCC(CNc2cccnc2)C1.Nc1cccnc1. The van der Waals surface area contributed by atoms with E-state index in [1.54, 1.807) is 46.7 Å². The van der Waals surface area contributed by atoms with E-state index in [0.717, 1.165) is 57.3 Å². The third-order valence-electron chi connectivity index (χ3n) is 5.98. The minimum absolute atomic E-state index is 0.00199. The first-order valence-electron chi connectivity index (χ1n) is 12.4. The van der Waals surface area contributed by atoms with E-state index in [4.69, 9.17) is 10.5 Å². The number of piperidine rings is 2. The summed E-state index contributed by atoms with van der Waals surface area (Å²) in [6.45, 7) is 3.64. The molecule has 37 heavy (non-hydrogen) atoms. The highest BCUT2D eigenvalue weighted by Gasteiger charge is 2.24. The molecule has 2 fully saturated rings. The summed E-state index contributed by atoms with van der Waals surface area (Å²) >= 11 is 0. The van der Waals surface area contributed by atoms with Crippen LogP contribution in [0.1, 0.15) is 25.7 Å². The van der Waals surface area contributed by atoms with E-state index in [-0.39, 0.29) is 18.1 Å². The Balaban J connectivity index is 0.000000217. The van der Waals surface area contributed by atoms with Crippen LogP contribution in [0.3, 0.4) is 0 Å². The zero-order valence-electron chi connectivity index (χ0n) is 21.6. The highest BCUT2D eigenvalue weighted by molar-refractivity contribution is 5.68. The Labute approximate surface area is 218 Å². The monoisotopic (exact) mass is 514 g/mol. The van der Waals surface area contributed by atoms with Gasteiger partial charge in [0.15, 0.2) is 0 Å². The second-order valence-electron chi connectivity index (χ2n) is 8.79. The van der Waals surface area contributed by atoms with Gasteiger partial charge in [-0.1, -0.05) is 0 Å². The molecule has 0 saturated carbocycles. The third-order valence-corrected chi connectivity index (χ3v) is 5.98. The molecule has 4 heterocycles. The van der Waals surface area contributed by atoms with Crippen LogP contribution < -0.4 is 11.1 Å². The van der Waals surface area contributed by atoms with Crippen LogP contribution in [0.2, 0.25) is 0 Å². The number of nitrogens with two attached hydrogens (primary N) is 1. The van der Waals surface area contributed by atoms with Crippen LogP contribution in [0.25, 0.3) is 0 Å². The van der Waals surface area contributed by atoms with Gasteiger partial charge in [-0.25, -0.2) is 9.59 Å². The predicted molar refractivity (Wildman–Crippen MR) is 141 cm³/mol. The van der Waals surface area contributed by atoms with Crippen molar-refractivity contribution in [1.29, 1.82) is 0 Å². The molecule has 3 N–H and O–H groups in total. The van der Waals surface area contributed by atoms with Gasteiger partial charge < -0.3 is 35.1 Å². The van der Waals surface area contributed by atoms with Gasteiger partial charge in [-0.2, -0.15) is 0 Å². The van der Waals surface area contributed by atoms with Gasteiger partial charge in [0.1, 0.15) is 6.29 Å². The number of aromatic nitrogens is 2. The van der Waals surface area contributed by atoms with Gasteiger partial charge in [-0.15, -0.1) is 0 Å². The molecule has 202 valence electrons. The molecule has 11 nitrogen and oxygen atoms in total. The van der Waals surface area contributed by atoms with E-state index in [1.807, 2.05) is 12.1 Å². The van der Waals surface area contributed by atoms with Crippen molar-refractivity contribution in [2.45, 2.75) is 25.7 Å². The van der Waals surface area contributed by atoms with Gasteiger partial charge in [-0.05, 0) is 55.9 Å². The number of carbonyl (C=O) groups excluding carboxylic acids is 3. The van der Waals surface area contributed by atoms with Crippen LogP contribution in [0.15, 0.2) is 49.1 Å². The van der Waals surface area contributed by atoms with Gasteiger partial charge in [0.05, 0.1) is 25.6 Å². The van der Waals surface area contributed by atoms with Crippen LogP contribution >= 0.6 is 0 Å². The van der Waals surface area contributed by atoms with Crippen molar-refractivity contribution >= 4 is 29.8 Å². The van der Waals surface area contributed by atoms with E-state index >= 15 is 0 Å². The minimum Gasteiger partial charge on any atom is -0.453 e. The number of hydrogen-bond donors (Lipinski definition) is 2. The van der Waals surface area contributed by atoms with Gasteiger partial charge in [0.2, 0.25) is 0 Å². The van der Waals surface area contributed by atoms with Gasteiger partial charge >= 0.3 is 12.2 Å². The molecule has 0 spiro atoms. The summed E-state index contributed by atoms with van der Waals surface area (Å²) in [4.78, 5) is 44.1. The number of nitrogen functional groups attached to an aromatic ring is 1. The number of hydrogen-bond acceptors (Lipinski definition) is 9. The van der Waals surface area contributed by atoms with Crippen molar-refractivity contribution < 1.29 is 23.9 Å². The van der Waals surface area contributed by atoms with Crippen LogP contribution in [-0.2, 0) is 14.3 Å². The Morgan fingerprint density at radius 2 is 1.62 bits per heavy atom. The molecule has 2 aliphatic rings. The Kier molecular flexibility index (Phi) is 13.3. The largest absolute Gasteiger partial charge is 0.453 e. The highest BCUT2D eigenvalue weighted by Crippen LogP contribution is 2.18. The second kappa shape index (κ2) is 16.7. The number of pyridine rings is 2. The fourth-order valence-electron chi connectivity index (χ4n) is 4.05. The summed E-state index contributed by atoms with van der Waals surface area (Å²) in [6.07, 6.45) is 11.2. The number of likely N-dealkylation sites (tertiary alicyclic amines) is 2. The molecular formula is C26H38N6O5. The molecular weight excluding hydrogens is 476 g/mol. The maximum atomic E-state index is 11.5. The van der Waals surface area contributed by atoms with Crippen molar-refractivity contribution in [3.05, 3.63) is 49.1 Å². The zero-order valence-corrected chi connectivity index (χ0v) is 21.6. The van der Waals surface area contributed by atoms with Crippen molar-refractivity contribution in [3.63, 3.8) is 0 Å². The summed E-state index contributed by atoms with van der Waals surface area (Å²) in [7, 11) is 2.78. The molecule has 0 aromatic carbocycles. The number of ether oxygens (including phenoxy) is 2. The quantitative estimate of drug-likeness (QED) is 0.588. The summed E-state index contributed by atoms with van der Waals surface area (Å²) in [5, 5.41) is 3.35. The topological polar surface area (TPSA) is 140 Å².